The van der Waals surface area contributed by atoms with Crippen molar-refractivity contribution in [3.05, 3.63) is 64.4 Å². The van der Waals surface area contributed by atoms with Crippen molar-refractivity contribution in [3.8, 4) is 22.8 Å². The van der Waals surface area contributed by atoms with Gasteiger partial charge in [0.05, 0.1) is 12.7 Å². The van der Waals surface area contributed by atoms with Gasteiger partial charge in [-0.25, -0.2) is 4.98 Å². The van der Waals surface area contributed by atoms with Crippen molar-refractivity contribution >= 4 is 29.1 Å². The van der Waals surface area contributed by atoms with E-state index in [-0.39, 0.29) is 11.9 Å². The first-order valence-electron chi connectivity index (χ1n) is 10.1. The van der Waals surface area contributed by atoms with E-state index in [1.54, 1.807) is 25.4 Å². The summed E-state index contributed by atoms with van der Waals surface area (Å²) in [5.41, 5.74) is 1.95. The second kappa shape index (κ2) is 9.11. The molecule has 1 heterocycles. The molecule has 1 saturated carbocycles. The normalized spacial score (nSPS) is 14.5. The van der Waals surface area contributed by atoms with E-state index in [2.05, 4.69) is 10.3 Å². The molecule has 3 aromatic rings. The van der Waals surface area contributed by atoms with Crippen LogP contribution in [0.2, 0.25) is 10.0 Å². The average molecular weight is 444 g/mol. The predicted molar refractivity (Wildman–Crippen MR) is 120 cm³/mol. The Bertz CT molecular complexity index is 1040. The van der Waals surface area contributed by atoms with Crippen LogP contribution in [0, 0.1) is 0 Å². The lowest BCUT2D eigenvalue weighted by atomic mass is 9.95. The fourth-order valence-electron chi connectivity index (χ4n) is 3.83. The summed E-state index contributed by atoms with van der Waals surface area (Å²) in [4.78, 5) is 17.6. The molecule has 1 aromatic heterocycles. The molecule has 0 aliphatic heterocycles. The molecule has 0 saturated heterocycles. The van der Waals surface area contributed by atoms with Gasteiger partial charge >= 0.3 is 0 Å². The molecule has 4 rings (SSSR count). The van der Waals surface area contributed by atoms with Gasteiger partial charge < -0.3 is 10.1 Å². The van der Waals surface area contributed by atoms with E-state index in [0.29, 0.717) is 27.3 Å². The number of carbonyl (C=O) groups excluding carboxylic acids is 1. The Hall–Kier alpha value is -2.50. The van der Waals surface area contributed by atoms with E-state index in [1.807, 2.05) is 34.9 Å². The van der Waals surface area contributed by atoms with Crippen molar-refractivity contribution in [1.82, 2.24) is 14.9 Å². The third-order valence-corrected chi connectivity index (χ3v) is 5.88. The summed E-state index contributed by atoms with van der Waals surface area (Å²) >= 11 is 12.2. The molecule has 0 unspecified atom stereocenters. The van der Waals surface area contributed by atoms with Crippen molar-refractivity contribution in [2.45, 2.75) is 38.1 Å². The van der Waals surface area contributed by atoms with Crippen LogP contribution in [0.4, 0.5) is 0 Å². The number of nitrogens with zero attached hydrogens (tertiary/aromatic N) is 2. The fourth-order valence-corrected chi connectivity index (χ4v) is 4.12. The van der Waals surface area contributed by atoms with Crippen LogP contribution in [0.15, 0.2) is 48.7 Å². The number of amides is 1. The average Bonchev–Trinajstić information content (AvgIpc) is 3.20. The summed E-state index contributed by atoms with van der Waals surface area (Å²) in [5.74, 6) is 1.02. The third kappa shape index (κ3) is 4.47. The van der Waals surface area contributed by atoms with Crippen LogP contribution in [0.5, 0.6) is 5.75 Å². The molecular weight excluding hydrogens is 421 g/mol. The van der Waals surface area contributed by atoms with Gasteiger partial charge in [-0.2, -0.15) is 0 Å². The summed E-state index contributed by atoms with van der Waals surface area (Å²) < 4.78 is 7.40. The number of benzene rings is 2. The van der Waals surface area contributed by atoms with E-state index < -0.39 is 0 Å². The lowest BCUT2D eigenvalue weighted by Gasteiger charge is -2.22. The molecule has 30 heavy (non-hydrogen) atoms. The maximum atomic E-state index is 12.9. The molecule has 5 nitrogen and oxygen atoms in total. The SMILES string of the molecule is COc1cc(Cl)ccc1-c1nc(C(=O)NC2CCCCC2)cn1-c1ccc(Cl)cc1. The summed E-state index contributed by atoms with van der Waals surface area (Å²) in [5, 5.41) is 4.34. The molecule has 156 valence electrons. The first-order valence-corrected chi connectivity index (χ1v) is 10.8. The van der Waals surface area contributed by atoms with Gasteiger partial charge in [-0.05, 0) is 55.3 Å². The second-order valence-corrected chi connectivity index (χ2v) is 8.32. The molecule has 1 N–H and O–H groups in total. The van der Waals surface area contributed by atoms with Crippen LogP contribution in [0.3, 0.4) is 0 Å². The highest BCUT2D eigenvalue weighted by atomic mass is 35.5. The third-order valence-electron chi connectivity index (χ3n) is 5.39. The van der Waals surface area contributed by atoms with E-state index in [1.165, 1.54) is 6.42 Å². The molecular formula is C23H23Cl2N3O2. The number of nitrogens with one attached hydrogen (secondary N) is 1. The second-order valence-electron chi connectivity index (χ2n) is 7.45. The fraction of sp³-hybridized carbons (Fsp3) is 0.304. The first kappa shape index (κ1) is 20.8. The lowest BCUT2D eigenvalue weighted by molar-refractivity contribution is 0.0923. The summed E-state index contributed by atoms with van der Waals surface area (Å²) in [6.07, 6.45) is 7.32. The number of imidazole rings is 1. The van der Waals surface area contributed by atoms with Gasteiger partial charge in [-0.3, -0.25) is 9.36 Å². The molecule has 1 aliphatic rings. The molecule has 0 bridgehead atoms. The van der Waals surface area contributed by atoms with Gasteiger partial charge in [0.2, 0.25) is 0 Å². The highest BCUT2D eigenvalue weighted by Crippen LogP contribution is 2.33. The minimum Gasteiger partial charge on any atom is -0.496 e. The molecule has 2 aromatic carbocycles. The Morgan fingerprint density at radius 1 is 1.07 bits per heavy atom. The lowest BCUT2D eigenvalue weighted by Crippen LogP contribution is -2.36. The Balaban J connectivity index is 1.75. The van der Waals surface area contributed by atoms with Gasteiger partial charge in [-0.15, -0.1) is 0 Å². The maximum absolute atomic E-state index is 12.9. The predicted octanol–water partition coefficient (Wildman–Crippen LogP) is 5.92. The van der Waals surface area contributed by atoms with Crippen LogP contribution in [0.1, 0.15) is 42.6 Å². The van der Waals surface area contributed by atoms with Crippen molar-refractivity contribution in [1.29, 1.82) is 0 Å². The highest BCUT2D eigenvalue weighted by Gasteiger charge is 2.22. The monoisotopic (exact) mass is 443 g/mol. The standard InChI is InChI=1S/C23H23Cl2N3O2/c1-30-21-13-16(25)9-12-19(21)22-27-20(23(29)26-17-5-3-2-4-6-17)14-28(22)18-10-7-15(24)8-11-18/h7-14,17H,2-6H2,1H3,(H,26,29). The number of halogens is 2. The van der Waals surface area contributed by atoms with E-state index in [4.69, 9.17) is 27.9 Å². The van der Waals surface area contributed by atoms with Gasteiger partial charge in [0.15, 0.2) is 0 Å². The molecule has 0 atom stereocenters. The Labute approximate surface area is 186 Å². The summed E-state index contributed by atoms with van der Waals surface area (Å²) in [6.45, 7) is 0. The zero-order chi connectivity index (χ0) is 21.1. The number of ether oxygens (including phenoxy) is 1. The number of hydrogen-bond donors (Lipinski definition) is 1. The number of hydrogen-bond acceptors (Lipinski definition) is 3. The Morgan fingerprint density at radius 2 is 1.77 bits per heavy atom. The van der Waals surface area contributed by atoms with Gasteiger partial charge in [0.1, 0.15) is 17.3 Å². The highest BCUT2D eigenvalue weighted by molar-refractivity contribution is 6.31. The number of rotatable bonds is 5. The summed E-state index contributed by atoms with van der Waals surface area (Å²) in [6, 6.07) is 13.0. The van der Waals surface area contributed by atoms with E-state index in [9.17, 15) is 4.79 Å². The molecule has 1 fully saturated rings. The number of aromatic nitrogens is 2. The smallest absolute Gasteiger partial charge is 0.271 e. The van der Waals surface area contributed by atoms with Crippen molar-refractivity contribution in [2.24, 2.45) is 0 Å². The van der Waals surface area contributed by atoms with Crippen molar-refractivity contribution in [2.75, 3.05) is 7.11 Å². The topological polar surface area (TPSA) is 56.1 Å². The van der Waals surface area contributed by atoms with E-state index >= 15 is 0 Å². The van der Waals surface area contributed by atoms with Crippen LogP contribution >= 0.6 is 23.2 Å². The van der Waals surface area contributed by atoms with Crippen molar-refractivity contribution in [3.63, 3.8) is 0 Å². The zero-order valence-electron chi connectivity index (χ0n) is 16.7. The Kier molecular flexibility index (Phi) is 6.30. The maximum Gasteiger partial charge on any atom is 0.271 e. The van der Waals surface area contributed by atoms with Gasteiger partial charge in [0.25, 0.3) is 5.91 Å². The van der Waals surface area contributed by atoms with Crippen LogP contribution < -0.4 is 10.1 Å². The minimum atomic E-state index is -0.163. The van der Waals surface area contributed by atoms with Crippen LogP contribution in [-0.4, -0.2) is 28.6 Å². The minimum absolute atomic E-state index is 0.163. The molecule has 1 aliphatic carbocycles. The molecule has 7 heteroatoms. The van der Waals surface area contributed by atoms with Crippen LogP contribution in [-0.2, 0) is 0 Å². The molecule has 0 radical (unpaired) electrons. The zero-order valence-corrected chi connectivity index (χ0v) is 18.2. The van der Waals surface area contributed by atoms with Gasteiger partial charge in [-0.1, -0.05) is 42.5 Å². The van der Waals surface area contributed by atoms with E-state index in [0.717, 1.165) is 36.9 Å². The Morgan fingerprint density at radius 3 is 2.47 bits per heavy atom. The van der Waals surface area contributed by atoms with Gasteiger partial charge in [0, 0.05) is 28.0 Å². The number of methoxy groups -OCH3 is 1. The van der Waals surface area contributed by atoms with Crippen LogP contribution in [0.25, 0.3) is 17.1 Å². The molecule has 1 amide bonds. The first-order chi connectivity index (χ1) is 14.5. The number of carbonyl (C=O) groups is 1. The quantitative estimate of drug-likeness (QED) is 0.532. The largest absolute Gasteiger partial charge is 0.496 e. The molecule has 0 spiro atoms. The van der Waals surface area contributed by atoms with Crippen molar-refractivity contribution < 1.29 is 9.53 Å². The summed E-state index contributed by atoms with van der Waals surface area (Å²) in [7, 11) is 1.58.